The first-order valence-electron chi connectivity index (χ1n) is 4.27. The normalized spacial score (nSPS) is 9.13. The molecule has 0 unspecified atom stereocenters. The number of aryl methyl sites for hydroxylation is 1. The zero-order valence-electron chi connectivity index (χ0n) is 8.40. The minimum atomic E-state index is -0.825. The number of hydrogen-bond donors (Lipinski definition) is 2. The van der Waals surface area contributed by atoms with Gasteiger partial charge >= 0.3 is 5.97 Å². The molecule has 0 aliphatic rings. The number of carboxylic acid groups (broad SMARTS) is 1. The summed E-state index contributed by atoms with van der Waals surface area (Å²) in [5.41, 5.74) is 7.03. The molecule has 0 aromatic heterocycles. The number of ether oxygens (including phenoxy) is 1. The summed E-state index contributed by atoms with van der Waals surface area (Å²) in [6.07, 6.45) is 0.517. The molecule has 4 nitrogen and oxygen atoms in total. The Morgan fingerprint density at radius 2 is 2.20 bits per heavy atom. The number of methoxy groups -OCH3 is 1. The van der Waals surface area contributed by atoms with E-state index in [0.29, 0.717) is 17.9 Å². The lowest BCUT2D eigenvalue weighted by Gasteiger charge is -2.07. The monoisotopic (exact) mass is 231 g/mol. The summed E-state index contributed by atoms with van der Waals surface area (Å²) in [6, 6.07) is 5.21. The predicted molar refractivity (Wildman–Crippen MR) is 60.6 cm³/mol. The van der Waals surface area contributed by atoms with E-state index in [1.54, 1.807) is 25.3 Å². The van der Waals surface area contributed by atoms with Crippen LogP contribution < -0.4 is 10.5 Å². The highest BCUT2D eigenvalue weighted by molar-refractivity contribution is 5.85. The molecule has 5 heteroatoms. The number of carboxylic acids is 1. The molecule has 0 atom stereocenters. The smallest absolute Gasteiger partial charge is 0.303 e. The number of benzene rings is 1. The predicted octanol–water partition coefficient (Wildman–Crippen LogP) is 1.72. The van der Waals surface area contributed by atoms with Gasteiger partial charge in [0.15, 0.2) is 0 Å². The van der Waals surface area contributed by atoms with Crippen LogP contribution in [0.25, 0.3) is 0 Å². The Labute approximate surface area is 94.5 Å². The van der Waals surface area contributed by atoms with Crippen LogP contribution >= 0.6 is 12.4 Å². The maximum absolute atomic E-state index is 10.4. The van der Waals surface area contributed by atoms with Crippen LogP contribution in [-0.2, 0) is 11.2 Å². The Morgan fingerprint density at radius 3 is 2.73 bits per heavy atom. The van der Waals surface area contributed by atoms with Crippen molar-refractivity contribution in [2.75, 3.05) is 12.8 Å². The summed E-state index contributed by atoms with van der Waals surface area (Å²) in [7, 11) is 1.55. The molecule has 0 aliphatic carbocycles. The van der Waals surface area contributed by atoms with Gasteiger partial charge in [-0.2, -0.15) is 0 Å². The number of rotatable bonds is 4. The second-order valence-electron chi connectivity index (χ2n) is 2.97. The fourth-order valence-corrected chi connectivity index (χ4v) is 1.24. The summed E-state index contributed by atoms with van der Waals surface area (Å²) in [5.74, 6) is -0.144. The quantitative estimate of drug-likeness (QED) is 0.774. The van der Waals surface area contributed by atoms with Crippen molar-refractivity contribution in [3.8, 4) is 5.75 Å². The van der Waals surface area contributed by atoms with E-state index in [2.05, 4.69) is 0 Å². The maximum Gasteiger partial charge on any atom is 0.303 e. The minimum Gasteiger partial charge on any atom is -0.496 e. The number of anilines is 1. The summed E-state index contributed by atoms with van der Waals surface area (Å²) in [4.78, 5) is 10.4. The van der Waals surface area contributed by atoms with Crippen LogP contribution in [-0.4, -0.2) is 18.2 Å². The van der Waals surface area contributed by atoms with Crippen molar-refractivity contribution in [3.63, 3.8) is 0 Å². The van der Waals surface area contributed by atoms with Crippen molar-refractivity contribution in [3.05, 3.63) is 23.8 Å². The van der Waals surface area contributed by atoms with Gasteiger partial charge in [0.25, 0.3) is 0 Å². The lowest BCUT2D eigenvalue weighted by molar-refractivity contribution is -0.136. The molecule has 0 amide bonds. The highest BCUT2D eigenvalue weighted by Crippen LogP contribution is 2.22. The first-order valence-corrected chi connectivity index (χ1v) is 4.27. The van der Waals surface area contributed by atoms with Gasteiger partial charge in [0, 0.05) is 12.1 Å². The second-order valence-corrected chi connectivity index (χ2v) is 2.97. The Kier molecular flexibility index (Phi) is 5.56. The average Bonchev–Trinajstić information content (AvgIpc) is 2.15. The van der Waals surface area contributed by atoms with Crippen LogP contribution in [0.15, 0.2) is 18.2 Å². The molecule has 0 radical (unpaired) electrons. The highest BCUT2D eigenvalue weighted by Gasteiger charge is 2.05. The molecule has 0 saturated heterocycles. The van der Waals surface area contributed by atoms with E-state index in [1.807, 2.05) is 0 Å². The van der Waals surface area contributed by atoms with Gasteiger partial charge in [0.05, 0.1) is 7.11 Å². The zero-order chi connectivity index (χ0) is 10.6. The van der Waals surface area contributed by atoms with Crippen LogP contribution in [0.1, 0.15) is 12.0 Å². The molecular formula is C10H14ClNO3. The summed E-state index contributed by atoms with van der Waals surface area (Å²) < 4.78 is 5.08. The van der Waals surface area contributed by atoms with Crippen molar-refractivity contribution in [2.45, 2.75) is 12.8 Å². The standard InChI is InChI=1S/C10H13NO3.ClH/c1-14-9-4-3-8(11)6-7(9)2-5-10(12)13;/h3-4,6H,2,5,11H2,1H3,(H,12,13);1H. The van der Waals surface area contributed by atoms with Gasteiger partial charge in [-0.05, 0) is 30.2 Å². The van der Waals surface area contributed by atoms with Gasteiger partial charge in [-0.25, -0.2) is 0 Å². The minimum absolute atomic E-state index is 0. The van der Waals surface area contributed by atoms with Crippen molar-refractivity contribution in [1.82, 2.24) is 0 Å². The Bertz CT molecular complexity index is 341. The molecule has 0 heterocycles. The van der Waals surface area contributed by atoms with Crippen molar-refractivity contribution in [1.29, 1.82) is 0 Å². The van der Waals surface area contributed by atoms with Crippen molar-refractivity contribution >= 4 is 24.1 Å². The molecule has 1 aromatic rings. The lowest BCUT2D eigenvalue weighted by Crippen LogP contribution is -2.00. The number of hydrogen-bond acceptors (Lipinski definition) is 3. The maximum atomic E-state index is 10.4. The van der Waals surface area contributed by atoms with E-state index < -0.39 is 5.97 Å². The topological polar surface area (TPSA) is 72.5 Å². The van der Waals surface area contributed by atoms with Gasteiger partial charge in [-0.3, -0.25) is 4.79 Å². The molecule has 0 spiro atoms. The number of carbonyl (C=O) groups is 1. The molecule has 0 saturated carbocycles. The fourth-order valence-electron chi connectivity index (χ4n) is 1.24. The Hall–Kier alpha value is -1.42. The number of halogens is 1. The molecule has 0 bridgehead atoms. The molecule has 0 fully saturated rings. The number of aliphatic carboxylic acids is 1. The average molecular weight is 232 g/mol. The van der Waals surface area contributed by atoms with Crippen LogP contribution in [0.5, 0.6) is 5.75 Å². The molecular weight excluding hydrogens is 218 g/mol. The van der Waals surface area contributed by atoms with Gasteiger partial charge in [0.1, 0.15) is 5.75 Å². The lowest BCUT2D eigenvalue weighted by atomic mass is 10.1. The van der Waals surface area contributed by atoms with E-state index >= 15 is 0 Å². The summed E-state index contributed by atoms with van der Waals surface area (Å²) >= 11 is 0. The van der Waals surface area contributed by atoms with Crippen LogP contribution in [0.2, 0.25) is 0 Å². The van der Waals surface area contributed by atoms with Gasteiger partial charge < -0.3 is 15.6 Å². The molecule has 15 heavy (non-hydrogen) atoms. The molecule has 1 aromatic carbocycles. The van der Waals surface area contributed by atoms with E-state index in [9.17, 15) is 4.79 Å². The van der Waals surface area contributed by atoms with Crippen LogP contribution in [0.4, 0.5) is 5.69 Å². The molecule has 0 aliphatic heterocycles. The Morgan fingerprint density at radius 1 is 1.53 bits per heavy atom. The fraction of sp³-hybridized carbons (Fsp3) is 0.300. The second kappa shape index (κ2) is 6.14. The summed E-state index contributed by atoms with van der Waals surface area (Å²) in [6.45, 7) is 0. The van der Waals surface area contributed by atoms with Crippen LogP contribution in [0, 0.1) is 0 Å². The zero-order valence-corrected chi connectivity index (χ0v) is 9.21. The van der Waals surface area contributed by atoms with Gasteiger partial charge in [-0.15, -0.1) is 12.4 Å². The third-order valence-corrected chi connectivity index (χ3v) is 1.91. The first kappa shape index (κ1) is 13.6. The SMILES string of the molecule is COc1ccc(N)cc1CCC(=O)O.Cl. The third kappa shape index (κ3) is 4.08. The third-order valence-electron chi connectivity index (χ3n) is 1.91. The van der Waals surface area contributed by atoms with E-state index in [0.717, 1.165) is 5.56 Å². The van der Waals surface area contributed by atoms with E-state index in [-0.39, 0.29) is 18.8 Å². The van der Waals surface area contributed by atoms with Crippen molar-refractivity contribution in [2.24, 2.45) is 0 Å². The first-order chi connectivity index (χ1) is 6.63. The number of nitrogen functional groups attached to an aromatic ring is 1. The molecule has 1 rings (SSSR count). The van der Waals surface area contributed by atoms with Gasteiger partial charge in [-0.1, -0.05) is 0 Å². The largest absolute Gasteiger partial charge is 0.496 e. The van der Waals surface area contributed by atoms with E-state index in [1.165, 1.54) is 0 Å². The van der Waals surface area contributed by atoms with Crippen LogP contribution in [0.3, 0.4) is 0 Å². The number of nitrogens with two attached hydrogens (primary N) is 1. The molecule has 84 valence electrons. The van der Waals surface area contributed by atoms with E-state index in [4.69, 9.17) is 15.6 Å². The Balaban J connectivity index is 0.00000196. The van der Waals surface area contributed by atoms with Gasteiger partial charge in [0.2, 0.25) is 0 Å². The highest BCUT2D eigenvalue weighted by atomic mass is 35.5. The van der Waals surface area contributed by atoms with Crippen molar-refractivity contribution < 1.29 is 14.6 Å². The molecule has 3 N–H and O–H groups in total. The summed E-state index contributed by atoms with van der Waals surface area (Å²) in [5, 5.41) is 8.54.